The molecular weight excluding hydrogens is 276 g/mol. The second-order valence-corrected chi connectivity index (χ2v) is 7.84. The van der Waals surface area contributed by atoms with Crippen LogP contribution in [0.15, 0.2) is 24.3 Å². The topological polar surface area (TPSA) is 75.3 Å². The Kier molecular flexibility index (Phi) is 5.16. The maximum absolute atomic E-state index is 11.9. The zero-order valence-electron chi connectivity index (χ0n) is 12.4. The smallest absolute Gasteiger partial charge is 0.251 e. The van der Waals surface area contributed by atoms with Crippen molar-refractivity contribution in [1.82, 2.24) is 5.32 Å². The van der Waals surface area contributed by atoms with Gasteiger partial charge in [-0.1, -0.05) is 20.8 Å². The maximum Gasteiger partial charge on any atom is 0.251 e. The molecular formula is C14H22N2O3S. The molecule has 0 bridgehead atoms. The summed E-state index contributed by atoms with van der Waals surface area (Å²) in [7, 11) is -3.29. The summed E-state index contributed by atoms with van der Waals surface area (Å²) in [6.45, 7) is 8.26. The highest BCUT2D eigenvalue weighted by molar-refractivity contribution is 7.92. The first-order valence-corrected chi connectivity index (χ1v) is 8.17. The molecule has 6 heteroatoms. The third kappa shape index (κ3) is 5.61. The van der Waals surface area contributed by atoms with Gasteiger partial charge >= 0.3 is 0 Å². The molecule has 112 valence electrons. The Labute approximate surface area is 120 Å². The summed E-state index contributed by atoms with van der Waals surface area (Å²) < 4.78 is 25.3. The van der Waals surface area contributed by atoms with Crippen molar-refractivity contribution in [3.05, 3.63) is 29.8 Å². The molecule has 0 saturated carbocycles. The van der Waals surface area contributed by atoms with Crippen LogP contribution in [0.2, 0.25) is 0 Å². The van der Waals surface area contributed by atoms with Crippen molar-refractivity contribution in [1.29, 1.82) is 0 Å². The van der Waals surface area contributed by atoms with Crippen molar-refractivity contribution in [2.45, 2.75) is 27.7 Å². The van der Waals surface area contributed by atoms with Gasteiger partial charge in [-0.25, -0.2) is 8.42 Å². The van der Waals surface area contributed by atoms with Crippen molar-refractivity contribution in [2.24, 2.45) is 5.41 Å². The van der Waals surface area contributed by atoms with Gasteiger partial charge in [0.25, 0.3) is 5.91 Å². The van der Waals surface area contributed by atoms with E-state index in [1.54, 1.807) is 31.2 Å². The number of amides is 1. The zero-order valence-corrected chi connectivity index (χ0v) is 13.2. The monoisotopic (exact) mass is 298 g/mol. The van der Waals surface area contributed by atoms with Gasteiger partial charge in [-0.3, -0.25) is 9.52 Å². The van der Waals surface area contributed by atoms with E-state index in [1.165, 1.54) is 0 Å². The van der Waals surface area contributed by atoms with Crippen LogP contribution in [0.4, 0.5) is 5.69 Å². The Morgan fingerprint density at radius 3 is 2.15 bits per heavy atom. The predicted molar refractivity (Wildman–Crippen MR) is 81.3 cm³/mol. The summed E-state index contributed by atoms with van der Waals surface area (Å²) >= 11 is 0. The predicted octanol–water partition coefficient (Wildman–Crippen LogP) is 2.22. The molecule has 5 nitrogen and oxygen atoms in total. The summed E-state index contributed by atoms with van der Waals surface area (Å²) in [4.78, 5) is 11.9. The Morgan fingerprint density at radius 1 is 1.15 bits per heavy atom. The van der Waals surface area contributed by atoms with Gasteiger partial charge in [-0.05, 0) is 36.6 Å². The van der Waals surface area contributed by atoms with E-state index in [4.69, 9.17) is 0 Å². The van der Waals surface area contributed by atoms with Crippen LogP contribution in [-0.4, -0.2) is 26.6 Å². The van der Waals surface area contributed by atoms with E-state index < -0.39 is 10.0 Å². The standard InChI is InChI=1S/C14H22N2O3S/c1-5-20(18,19)16-12-8-6-11(7-9-12)13(17)15-10-14(2,3)4/h6-9,16H,5,10H2,1-4H3,(H,15,17). The highest BCUT2D eigenvalue weighted by Crippen LogP contribution is 2.13. The summed E-state index contributed by atoms with van der Waals surface area (Å²) in [5.74, 6) is -0.147. The third-order valence-corrected chi connectivity index (χ3v) is 3.89. The van der Waals surface area contributed by atoms with Crippen molar-refractivity contribution in [2.75, 3.05) is 17.0 Å². The molecule has 0 atom stereocenters. The minimum absolute atomic E-state index is 0.0147. The molecule has 0 heterocycles. The average Bonchev–Trinajstić information content (AvgIpc) is 2.35. The van der Waals surface area contributed by atoms with Crippen LogP contribution in [0.25, 0.3) is 0 Å². The van der Waals surface area contributed by atoms with Gasteiger partial charge in [-0.15, -0.1) is 0 Å². The lowest BCUT2D eigenvalue weighted by atomic mass is 9.97. The van der Waals surface area contributed by atoms with E-state index in [0.717, 1.165) is 0 Å². The number of benzene rings is 1. The number of carbonyl (C=O) groups is 1. The summed E-state index contributed by atoms with van der Waals surface area (Å²) in [6, 6.07) is 6.37. The van der Waals surface area contributed by atoms with Crippen LogP contribution in [-0.2, 0) is 10.0 Å². The minimum Gasteiger partial charge on any atom is -0.352 e. The quantitative estimate of drug-likeness (QED) is 0.875. The first kappa shape index (κ1) is 16.5. The lowest BCUT2D eigenvalue weighted by Crippen LogP contribution is -2.32. The van der Waals surface area contributed by atoms with Crippen LogP contribution in [0, 0.1) is 5.41 Å². The number of hydrogen-bond acceptors (Lipinski definition) is 3. The van der Waals surface area contributed by atoms with E-state index in [1.807, 2.05) is 20.8 Å². The number of rotatable bonds is 5. The van der Waals surface area contributed by atoms with Gasteiger partial charge in [0.1, 0.15) is 0 Å². The molecule has 0 fully saturated rings. The number of anilines is 1. The summed E-state index contributed by atoms with van der Waals surface area (Å²) in [6.07, 6.45) is 0. The molecule has 0 aliphatic carbocycles. The molecule has 2 N–H and O–H groups in total. The van der Waals surface area contributed by atoms with Crippen molar-refractivity contribution >= 4 is 21.6 Å². The molecule has 0 aliphatic heterocycles. The number of hydrogen-bond donors (Lipinski definition) is 2. The molecule has 20 heavy (non-hydrogen) atoms. The number of sulfonamides is 1. The molecule has 1 amide bonds. The van der Waals surface area contributed by atoms with Gasteiger partial charge in [0, 0.05) is 17.8 Å². The maximum atomic E-state index is 11.9. The minimum atomic E-state index is -3.29. The van der Waals surface area contributed by atoms with Gasteiger partial charge in [0.2, 0.25) is 10.0 Å². The molecule has 1 rings (SSSR count). The molecule has 0 spiro atoms. The van der Waals surface area contributed by atoms with Crippen LogP contribution >= 0.6 is 0 Å². The Morgan fingerprint density at radius 2 is 1.70 bits per heavy atom. The lowest BCUT2D eigenvalue weighted by molar-refractivity contribution is 0.0939. The van der Waals surface area contributed by atoms with E-state index in [2.05, 4.69) is 10.0 Å². The molecule has 0 saturated heterocycles. The highest BCUT2D eigenvalue weighted by atomic mass is 32.2. The summed E-state index contributed by atoms with van der Waals surface area (Å²) in [5.41, 5.74) is 0.986. The van der Waals surface area contributed by atoms with E-state index in [9.17, 15) is 13.2 Å². The van der Waals surface area contributed by atoms with Crippen LogP contribution < -0.4 is 10.0 Å². The van der Waals surface area contributed by atoms with Gasteiger partial charge in [-0.2, -0.15) is 0 Å². The molecule has 0 unspecified atom stereocenters. The van der Waals surface area contributed by atoms with Crippen LogP contribution in [0.3, 0.4) is 0 Å². The Bertz CT molecular complexity index is 557. The zero-order chi connectivity index (χ0) is 15.4. The normalized spacial score (nSPS) is 12.0. The first-order chi connectivity index (χ1) is 9.13. The van der Waals surface area contributed by atoms with Crippen LogP contribution in [0.1, 0.15) is 38.1 Å². The van der Waals surface area contributed by atoms with Gasteiger partial charge in [0.15, 0.2) is 0 Å². The van der Waals surface area contributed by atoms with Crippen molar-refractivity contribution in [3.63, 3.8) is 0 Å². The second kappa shape index (κ2) is 6.26. The highest BCUT2D eigenvalue weighted by Gasteiger charge is 2.13. The fraction of sp³-hybridized carbons (Fsp3) is 0.500. The molecule has 0 radical (unpaired) electrons. The number of carbonyl (C=O) groups excluding carboxylic acids is 1. The molecule has 1 aromatic carbocycles. The first-order valence-electron chi connectivity index (χ1n) is 6.52. The van der Waals surface area contributed by atoms with Gasteiger partial charge in [0.05, 0.1) is 5.75 Å². The molecule has 0 aliphatic rings. The average molecular weight is 298 g/mol. The third-order valence-electron chi connectivity index (χ3n) is 2.58. The lowest BCUT2D eigenvalue weighted by Gasteiger charge is -2.18. The summed E-state index contributed by atoms with van der Waals surface area (Å²) in [5, 5.41) is 2.84. The van der Waals surface area contributed by atoms with E-state index in [0.29, 0.717) is 17.8 Å². The Balaban J connectivity index is 2.69. The fourth-order valence-electron chi connectivity index (χ4n) is 1.39. The van der Waals surface area contributed by atoms with Gasteiger partial charge < -0.3 is 5.32 Å². The van der Waals surface area contributed by atoms with Crippen molar-refractivity contribution < 1.29 is 13.2 Å². The molecule has 0 aromatic heterocycles. The molecule has 1 aromatic rings. The number of nitrogens with one attached hydrogen (secondary N) is 2. The van der Waals surface area contributed by atoms with E-state index >= 15 is 0 Å². The van der Waals surface area contributed by atoms with Crippen LogP contribution in [0.5, 0.6) is 0 Å². The van der Waals surface area contributed by atoms with E-state index in [-0.39, 0.29) is 17.1 Å². The second-order valence-electron chi connectivity index (χ2n) is 5.83. The fourth-order valence-corrected chi connectivity index (χ4v) is 2.03. The largest absolute Gasteiger partial charge is 0.352 e. The van der Waals surface area contributed by atoms with Crippen molar-refractivity contribution in [3.8, 4) is 0 Å². The Hall–Kier alpha value is -1.56. The SMILES string of the molecule is CCS(=O)(=O)Nc1ccc(C(=O)NCC(C)(C)C)cc1.